The van der Waals surface area contributed by atoms with E-state index in [0.717, 1.165) is 99.6 Å². The zero-order valence-electron chi connectivity index (χ0n) is 36.8. The number of rotatable bonds is 8. The number of hydrogen-bond acceptors (Lipinski definition) is 4. The van der Waals surface area contributed by atoms with Crippen molar-refractivity contribution >= 4 is 43.6 Å². The van der Waals surface area contributed by atoms with Gasteiger partial charge in [0.25, 0.3) is 0 Å². The summed E-state index contributed by atoms with van der Waals surface area (Å²) >= 11 is 0. The average molecular weight is 869 g/mol. The van der Waals surface area contributed by atoms with Crippen LogP contribution in [0.1, 0.15) is 0 Å². The van der Waals surface area contributed by atoms with Crippen molar-refractivity contribution in [3.63, 3.8) is 0 Å². The van der Waals surface area contributed by atoms with E-state index in [-0.39, 0.29) is 0 Å². The van der Waals surface area contributed by atoms with Gasteiger partial charge in [0.1, 0.15) is 0 Å². The molecule has 0 N–H and O–H groups in total. The summed E-state index contributed by atoms with van der Waals surface area (Å²) in [6.45, 7) is 0. The standard InChI is InChI=1S/C62H40N6/c1-5-19-41(20-6-1)45-27-18-30-49(38-45)67-56-34-16-14-32-52(56)58-57(67)36-35-51-50-31-13-15-33-55(50)68(59(51)58)62-65-60(44-25-11-4-12-26-44)64-61(66-62)47-29-17-28-46(37-47)54-40-48(42-21-7-2-8-22-42)39-53(63-54)43-23-9-3-10-24-43/h1-40H. The number of benzene rings is 9. The molecule has 0 bridgehead atoms. The molecule has 0 aliphatic rings. The summed E-state index contributed by atoms with van der Waals surface area (Å²) in [6.07, 6.45) is 0. The molecule has 0 fully saturated rings. The van der Waals surface area contributed by atoms with Crippen LogP contribution in [0.25, 0.3) is 123 Å². The number of nitrogens with zero attached hydrogens (tertiary/aromatic N) is 6. The van der Waals surface area contributed by atoms with Gasteiger partial charge in [-0.05, 0) is 70.8 Å². The Hall–Kier alpha value is -9.26. The van der Waals surface area contributed by atoms with Crippen molar-refractivity contribution in [2.24, 2.45) is 0 Å². The van der Waals surface area contributed by atoms with Crippen molar-refractivity contribution in [1.29, 1.82) is 0 Å². The molecule has 0 unspecified atom stereocenters. The van der Waals surface area contributed by atoms with Gasteiger partial charge in [-0.2, -0.15) is 9.97 Å². The van der Waals surface area contributed by atoms with Gasteiger partial charge in [-0.3, -0.25) is 4.57 Å². The quantitative estimate of drug-likeness (QED) is 0.153. The van der Waals surface area contributed by atoms with Gasteiger partial charge in [-0.25, -0.2) is 9.97 Å². The second-order valence-corrected chi connectivity index (χ2v) is 17.1. The van der Waals surface area contributed by atoms with Gasteiger partial charge in [0.05, 0.1) is 33.5 Å². The van der Waals surface area contributed by atoms with Crippen LogP contribution >= 0.6 is 0 Å². The number of para-hydroxylation sites is 2. The number of pyridine rings is 1. The molecule has 6 heteroatoms. The largest absolute Gasteiger partial charge is 0.309 e. The molecule has 0 saturated heterocycles. The van der Waals surface area contributed by atoms with Crippen LogP contribution in [0.4, 0.5) is 0 Å². The molecule has 0 aliphatic carbocycles. The predicted octanol–water partition coefficient (Wildman–Crippen LogP) is 15.5. The highest BCUT2D eigenvalue weighted by atomic mass is 15.2. The summed E-state index contributed by atoms with van der Waals surface area (Å²) < 4.78 is 4.64. The van der Waals surface area contributed by atoms with Gasteiger partial charge in [-0.15, -0.1) is 0 Å². The van der Waals surface area contributed by atoms with E-state index in [1.807, 2.05) is 30.3 Å². The fraction of sp³-hybridized carbons (Fsp3) is 0. The SMILES string of the molecule is c1ccc(-c2cccc(-n3c4ccccc4c4c3ccc3c5ccccc5n(-c5nc(-c6ccccc6)nc(-c6cccc(-c7cc(-c8ccccc8)cc(-c8ccccc8)n7)c6)n5)c34)c2)cc1. The Balaban J connectivity index is 1.04. The van der Waals surface area contributed by atoms with Crippen LogP contribution < -0.4 is 0 Å². The molecule has 13 aromatic rings. The summed E-state index contributed by atoms with van der Waals surface area (Å²) in [5, 5.41) is 4.52. The Bertz CT molecular complexity index is 3950. The van der Waals surface area contributed by atoms with Crippen molar-refractivity contribution in [2.75, 3.05) is 0 Å². The van der Waals surface area contributed by atoms with E-state index >= 15 is 0 Å². The molecule has 6 nitrogen and oxygen atoms in total. The lowest BCUT2D eigenvalue weighted by Crippen LogP contribution is -2.06. The van der Waals surface area contributed by atoms with Crippen LogP contribution in [0.3, 0.4) is 0 Å². The van der Waals surface area contributed by atoms with Gasteiger partial charge >= 0.3 is 0 Å². The zero-order valence-corrected chi connectivity index (χ0v) is 36.8. The minimum atomic E-state index is 0.538. The predicted molar refractivity (Wildman–Crippen MR) is 279 cm³/mol. The molecule has 9 aromatic carbocycles. The van der Waals surface area contributed by atoms with E-state index in [4.69, 9.17) is 19.9 Å². The molecule has 0 saturated carbocycles. The third-order valence-electron chi connectivity index (χ3n) is 13.0. The lowest BCUT2D eigenvalue weighted by molar-refractivity contribution is 0.955. The molecule has 0 radical (unpaired) electrons. The maximum Gasteiger partial charge on any atom is 0.238 e. The Morgan fingerprint density at radius 1 is 0.265 bits per heavy atom. The van der Waals surface area contributed by atoms with Crippen LogP contribution in [0.5, 0.6) is 0 Å². The first-order valence-corrected chi connectivity index (χ1v) is 22.9. The van der Waals surface area contributed by atoms with Crippen molar-refractivity contribution in [3.8, 4) is 79.2 Å². The van der Waals surface area contributed by atoms with Gasteiger partial charge in [0.2, 0.25) is 5.95 Å². The average Bonchev–Trinajstić information content (AvgIpc) is 3.95. The Morgan fingerprint density at radius 2 is 0.779 bits per heavy atom. The Labute approximate surface area is 392 Å². The molecule has 318 valence electrons. The lowest BCUT2D eigenvalue weighted by atomic mass is 9.99. The first-order chi connectivity index (χ1) is 33.7. The van der Waals surface area contributed by atoms with Crippen molar-refractivity contribution in [3.05, 3.63) is 243 Å². The van der Waals surface area contributed by atoms with Gasteiger partial charge in [-0.1, -0.05) is 194 Å². The molecule has 0 amide bonds. The molecule has 0 spiro atoms. The van der Waals surface area contributed by atoms with Gasteiger partial charge < -0.3 is 4.57 Å². The van der Waals surface area contributed by atoms with Crippen LogP contribution in [-0.4, -0.2) is 29.1 Å². The maximum atomic E-state index is 5.45. The number of fused-ring (bicyclic) bond motifs is 7. The highest BCUT2D eigenvalue weighted by Gasteiger charge is 2.23. The molecule has 4 aromatic heterocycles. The Morgan fingerprint density at radius 3 is 1.49 bits per heavy atom. The molecular weight excluding hydrogens is 829 g/mol. The molecule has 68 heavy (non-hydrogen) atoms. The molecular formula is C62H40N6. The van der Waals surface area contributed by atoms with E-state index in [0.29, 0.717) is 17.6 Å². The van der Waals surface area contributed by atoms with E-state index in [1.165, 1.54) is 5.56 Å². The van der Waals surface area contributed by atoms with Crippen LogP contribution in [-0.2, 0) is 0 Å². The maximum absolute atomic E-state index is 5.45. The summed E-state index contributed by atoms with van der Waals surface area (Å²) in [5.74, 6) is 1.69. The fourth-order valence-corrected chi connectivity index (χ4v) is 9.81. The summed E-state index contributed by atoms with van der Waals surface area (Å²) in [4.78, 5) is 21.3. The van der Waals surface area contributed by atoms with Crippen molar-refractivity contribution in [2.45, 2.75) is 0 Å². The van der Waals surface area contributed by atoms with E-state index in [1.54, 1.807) is 0 Å². The third kappa shape index (κ3) is 6.74. The van der Waals surface area contributed by atoms with E-state index < -0.39 is 0 Å². The smallest absolute Gasteiger partial charge is 0.238 e. The first kappa shape index (κ1) is 39.1. The zero-order chi connectivity index (χ0) is 45.0. The third-order valence-corrected chi connectivity index (χ3v) is 13.0. The molecule has 0 aliphatic heterocycles. The number of hydrogen-bond donors (Lipinski definition) is 0. The van der Waals surface area contributed by atoms with Gasteiger partial charge in [0, 0.05) is 49.5 Å². The van der Waals surface area contributed by atoms with Crippen molar-refractivity contribution in [1.82, 2.24) is 29.1 Å². The highest BCUT2D eigenvalue weighted by Crippen LogP contribution is 2.42. The topological polar surface area (TPSA) is 61.4 Å². The van der Waals surface area contributed by atoms with Gasteiger partial charge in [0.15, 0.2) is 11.6 Å². The summed E-state index contributed by atoms with van der Waals surface area (Å²) in [7, 11) is 0. The normalized spacial score (nSPS) is 11.5. The molecule has 4 heterocycles. The molecule has 0 atom stereocenters. The first-order valence-electron chi connectivity index (χ1n) is 22.9. The van der Waals surface area contributed by atoms with Crippen LogP contribution in [0, 0.1) is 0 Å². The monoisotopic (exact) mass is 868 g/mol. The highest BCUT2D eigenvalue weighted by molar-refractivity contribution is 6.26. The minimum absolute atomic E-state index is 0.538. The van der Waals surface area contributed by atoms with Crippen LogP contribution in [0.2, 0.25) is 0 Å². The van der Waals surface area contributed by atoms with E-state index in [2.05, 4.69) is 221 Å². The van der Waals surface area contributed by atoms with Crippen LogP contribution in [0.15, 0.2) is 243 Å². The second kappa shape index (κ2) is 16.3. The summed E-state index contributed by atoms with van der Waals surface area (Å²) in [6, 6.07) is 85.0. The van der Waals surface area contributed by atoms with E-state index in [9.17, 15) is 0 Å². The summed E-state index contributed by atoms with van der Waals surface area (Å²) in [5.41, 5.74) is 15.5. The number of aromatic nitrogens is 6. The molecule has 13 rings (SSSR count). The lowest BCUT2D eigenvalue weighted by Gasteiger charge is -2.13. The fourth-order valence-electron chi connectivity index (χ4n) is 9.81. The Kier molecular flexibility index (Phi) is 9.39. The minimum Gasteiger partial charge on any atom is -0.309 e. The second-order valence-electron chi connectivity index (χ2n) is 17.1. The van der Waals surface area contributed by atoms with Crippen molar-refractivity contribution < 1.29 is 0 Å².